The average molecular weight is 1290 g/mol. The molecule has 0 radical (unpaired) electrons. The van der Waals surface area contributed by atoms with Gasteiger partial charge in [0, 0.05) is 46.3 Å². The molecule has 20 nitrogen and oxygen atoms in total. The van der Waals surface area contributed by atoms with Gasteiger partial charge >= 0.3 is 11.9 Å². The second kappa shape index (κ2) is 26.4. The van der Waals surface area contributed by atoms with Crippen molar-refractivity contribution in [2.45, 2.75) is 190 Å². The van der Waals surface area contributed by atoms with Gasteiger partial charge in [-0.05, 0) is 75.6 Å². The van der Waals surface area contributed by atoms with Crippen LogP contribution in [0.1, 0.15) is 143 Å². The van der Waals surface area contributed by atoms with E-state index < -0.39 is 65.3 Å². The van der Waals surface area contributed by atoms with Gasteiger partial charge in [-0.2, -0.15) is 0 Å². The summed E-state index contributed by atoms with van der Waals surface area (Å²) in [6.45, 7) is 13.1. The number of nitrogens with zero attached hydrogens (tertiary/aromatic N) is 6. The summed E-state index contributed by atoms with van der Waals surface area (Å²) >= 11 is 5.82. The van der Waals surface area contributed by atoms with Crippen LogP contribution in [0.5, 0.6) is 10.4 Å². The number of fused-ring (bicyclic) bond motifs is 6. The molecule has 4 amide bonds. The first-order valence-electron chi connectivity index (χ1n) is 31.0. The molecule has 6 aromatic rings. The fourth-order valence-electron chi connectivity index (χ4n) is 12.2. The predicted octanol–water partition coefficient (Wildman–Crippen LogP) is 10.8. The lowest BCUT2D eigenvalue weighted by atomic mass is 9.93. The minimum Gasteiger partial charge on any atom is -0.479 e. The number of carboxylic acid groups (broad SMARTS) is 1. The zero-order valence-electron chi connectivity index (χ0n) is 51.5. The first-order valence-corrected chi connectivity index (χ1v) is 34.4. The van der Waals surface area contributed by atoms with Crippen LogP contribution in [0, 0.1) is 11.8 Å². The number of carbonyl (C=O) groups excluding carboxylic acids is 5. The van der Waals surface area contributed by atoms with Gasteiger partial charge in [-0.3, -0.25) is 19.2 Å². The number of esters is 1. The maximum atomic E-state index is 14.4. The topological polar surface area (TPSA) is 256 Å². The van der Waals surface area contributed by atoms with E-state index >= 15 is 0 Å². The van der Waals surface area contributed by atoms with E-state index in [0.29, 0.717) is 46.3 Å². The number of allylic oxidation sites excluding steroid dienone is 2. The van der Waals surface area contributed by atoms with Gasteiger partial charge in [0.15, 0.2) is 10.3 Å². The van der Waals surface area contributed by atoms with Crippen molar-refractivity contribution >= 4 is 112 Å². The molecule has 0 spiro atoms. The smallest absolute Gasteiger partial charge is 0.332 e. The van der Waals surface area contributed by atoms with Crippen LogP contribution in [0.3, 0.4) is 0 Å². The Hall–Kier alpha value is -7.02. The highest BCUT2D eigenvalue weighted by Crippen LogP contribution is 2.47. The third-order valence-corrected chi connectivity index (χ3v) is 21.0. The van der Waals surface area contributed by atoms with Gasteiger partial charge in [0.2, 0.25) is 23.6 Å². The molecule has 8 heterocycles. The molecule has 0 bridgehead atoms. The van der Waals surface area contributed by atoms with Crippen molar-refractivity contribution in [3.8, 4) is 10.4 Å². The Kier molecular flexibility index (Phi) is 18.9. The fraction of sp³-hybridized carbons (Fsp3) is 0.538. The second-order valence-electron chi connectivity index (χ2n) is 26.3. The van der Waals surface area contributed by atoms with Crippen LogP contribution in [0.25, 0.3) is 20.4 Å². The van der Waals surface area contributed by atoms with Crippen LogP contribution in [0.15, 0.2) is 83.6 Å². The highest BCUT2D eigenvalue weighted by molar-refractivity contribution is 7.20. The molecule has 2 saturated heterocycles. The van der Waals surface area contributed by atoms with Crippen LogP contribution in [-0.4, -0.2) is 138 Å². The van der Waals surface area contributed by atoms with Gasteiger partial charge in [0.25, 0.3) is 10.4 Å². The molecule has 4 fully saturated rings. The normalized spacial score (nSPS) is 28.5. The molecule has 4 aromatic heterocycles. The largest absolute Gasteiger partial charge is 0.479 e. The molecular formula is C65H80N10O10S4. The number of anilines is 2. The number of nitrogens with one attached hydrogen (secondary N) is 4. The summed E-state index contributed by atoms with van der Waals surface area (Å²) in [6.07, 6.45) is 16.8. The number of carboxylic acids is 1. The highest BCUT2D eigenvalue weighted by Gasteiger charge is 2.63. The number of para-hydroxylation sites is 2. The first-order chi connectivity index (χ1) is 42.6. The molecule has 474 valence electrons. The number of hydrogen-bond acceptors (Lipinski definition) is 19. The quantitative estimate of drug-likeness (QED) is 0.0631. The van der Waals surface area contributed by atoms with Crippen molar-refractivity contribution in [2.75, 3.05) is 30.8 Å². The molecular weight excluding hydrogens is 1210 g/mol. The lowest BCUT2D eigenvalue weighted by Crippen LogP contribution is -2.55. The van der Waals surface area contributed by atoms with E-state index in [4.69, 9.17) is 24.2 Å². The first kappa shape index (κ1) is 63.5. The minimum absolute atomic E-state index is 0.116. The summed E-state index contributed by atoms with van der Waals surface area (Å²) in [4.78, 5) is 104. The van der Waals surface area contributed by atoms with Crippen molar-refractivity contribution in [1.82, 2.24) is 40.4 Å². The Labute approximate surface area is 534 Å². The number of hydrogen-bond donors (Lipinski definition) is 5. The van der Waals surface area contributed by atoms with Crippen molar-refractivity contribution in [3.63, 3.8) is 0 Å². The van der Waals surface area contributed by atoms with E-state index in [-0.39, 0.29) is 66.3 Å². The van der Waals surface area contributed by atoms with Gasteiger partial charge in [-0.1, -0.05) is 138 Å². The van der Waals surface area contributed by atoms with Crippen LogP contribution in [-0.2, 0) is 44.3 Å². The van der Waals surface area contributed by atoms with Crippen LogP contribution >= 0.6 is 45.3 Å². The highest BCUT2D eigenvalue weighted by atomic mass is 32.1. The van der Waals surface area contributed by atoms with E-state index in [1.807, 2.05) is 77.5 Å². The van der Waals surface area contributed by atoms with E-state index in [2.05, 4.69) is 78.9 Å². The minimum atomic E-state index is -1.35. The number of amides is 4. The number of thiazole rings is 4. The molecule has 89 heavy (non-hydrogen) atoms. The third-order valence-electron chi connectivity index (χ3n) is 17.6. The summed E-state index contributed by atoms with van der Waals surface area (Å²) < 4.78 is 19.7. The van der Waals surface area contributed by atoms with Crippen molar-refractivity contribution < 1.29 is 48.1 Å². The van der Waals surface area contributed by atoms with E-state index in [9.17, 15) is 33.9 Å². The Balaban J connectivity index is 0.000000184. The Bertz CT molecular complexity index is 3570. The number of carbonyl (C=O) groups is 6. The number of aliphatic carboxylic acids is 1. The van der Waals surface area contributed by atoms with Gasteiger partial charge in [0.05, 0.1) is 52.0 Å². The molecule has 2 aliphatic carbocycles. The van der Waals surface area contributed by atoms with Gasteiger partial charge in [-0.25, -0.2) is 29.5 Å². The zero-order chi connectivity index (χ0) is 62.8. The lowest BCUT2D eigenvalue weighted by Gasteiger charge is -2.29. The van der Waals surface area contributed by atoms with Gasteiger partial charge in [0.1, 0.15) is 47.5 Å². The maximum absolute atomic E-state index is 14.4. The van der Waals surface area contributed by atoms with Gasteiger partial charge in [-0.15, -0.1) is 22.7 Å². The van der Waals surface area contributed by atoms with Gasteiger partial charge < -0.3 is 50.4 Å². The molecule has 0 unspecified atom stereocenters. The molecule has 2 saturated carbocycles. The summed E-state index contributed by atoms with van der Waals surface area (Å²) in [7, 11) is 1.34. The van der Waals surface area contributed by atoms with E-state index in [1.54, 1.807) is 9.80 Å². The van der Waals surface area contributed by atoms with Crippen LogP contribution in [0.4, 0.5) is 10.3 Å². The standard InChI is InChI=1S/C33H41N5O5S2.C32H39N5O5S2/c1-32(2,3)26-19-44-30(36-26)34-23-14-9-7-5-6-8-12-20-17-33(20,29(41)42-4)37-27(39)24-16-21(18-38(24)28(23)40)43-31-35-22-13-10-11-15-25(22)45-31;1-31(2,3)25-18-43-29(35-25)33-22-13-8-6-4-5-7-11-19-16-32(19,28(40)41)36-26(38)23-15-20(17-37(23)27(22)39)42-30-34-21-12-9-10-14-24(21)44-30/h8,10-13,15,19-21,23-24H,5-7,9,14,16-18H2,1-4H3,(H,34,36)(H,37,39);7,9-12,14,18-20,22-23H,4-6,8,13,15-17H2,1-3H3,(H,33,35)(H,36,38)(H,40,41)/b12-8-;11-7-/t20-,21-,23+,24+,33-;19-,20-,22+,23+,32-/m11/s1. The molecule has 4 aliphatic heterocycles. The number of rotatable bonds is 10. The molecule has 12 rings (SSSR count). The molecule has 6 aliphatic rings. The van der Waals surface area contributed by atoms with E-state index in [0.717, 1.165) is 83.2 Å². The number of ether oxygens (including phenoxy) is 3. The SMILES string of the molecule is CC(C)(C)c1csc(N[C@H]2CCCCC/C=C\[C@@H]3C[C@@]3(C(=O)O)NC(=O)[C@@H]3C[C@@H](Oc4nc5ccccc5s4)CN3C2=O)n1.COC(=O)[C@@]12C[C@H]1/C=C\CCCCC[C@H](Nc1nc(C(C)(C)C)cs1)C(=O)N1C[C@H](Oc3nc4ccccc4s3)C[C@H]1C(=O)N2. The van der Waals surface area contributed by atoms with Crippen molar-refractivity contribution in [3.05, 3.63) is 95.0 Å². The Morgan fingerprint density at radius 3 is 1.48 bits per heavy atom. The van der Waals surface area contributed by atoms with Crippen molar-refractivity contribution in [1.29, 1.82) is 0 Å². The zero-order valence-corrected chi connectivity index (χ0v) is 54.7. The average Bonchev–Trinajstić information content (AvgIpc) is 1.62. The van der Waals surface area contributed by atoms with Crippen molar-refractivity contribution in [2.24, 2.45) is 11.8 Å². The lowest BCUT2D eigenvalue weighted by molar-refractivity contribution is -0.148. The number of benzene rings is 2. The monoisotopic (exact) mass is 1290 g/mol. The molecule has 5 N–H and O–H groups in total. The summed E-state index contributed by atoms with van der Waals surface area (Å²) in [5, 5.41) is 29.1. The fourth-order valence-corrected chi connectivity index (χ4v) is 16.0. The maximum Gasteiger partial charge on any atom is 0.332 e. The third kappa shape index (κ3) is 14.4. The van der Waals surface area contributed by atoms with Crippen LogP contribution in [0.2, 0.25) is 0 Å². The Morgan fingerprint density at radius 1 is 0.618 bits per heavy atom. The molecule has 10 atom stereocenters. The van der Waals surface area contributed by atoms with Crippen LogP contribution < -0.4 is 30.7 Å². The number of aromatic nitrogens is 4. The Morgan fingerprint density at radius 2 is 1.06 bits per heavy atom. The second-order valence-corrected chi connectivity index (χ2v) is 30.0. The summed E-state index contributed by atoms with van der Waals surface area (Å²) in [5.74, 6) is -3.17. The molecule has 2 aromatic carbocycles. The number of methoxy groups -OCH3 is 1. The predicted molar refractivity (Wildman–Crippen MR) is 347 cm³/mol. The summed E-state index contributed by atoms with van der Waals surface area (Å²) in [5.41, 5.74) is 0.863. The summed E-state index contributed by atoms with van der Waals surface area (Å²) in [6, 6.07) is 12.7. The molecule has 24 heteroatoms. The van der Waals surface area contributed by atoms with E-state index in [1.165, 1.54) is 52.5 Å².